The van der Waals surface area contributed by atoms with E-state index in [0.29, 0.717) is 6.54 Å². The molecule has 2 aliphatic rings. The molecular formula is C14H20N4O2S. The summed E-state index contributed by atoms with van der Waals surface area (Å²) in [6.45, 7) is 2.21. The number of likely N-dealkylation sites (N-methyl/N-ethyl adjacent to an activating group) is 1. The molecule has 7 heteroatoms. The van der Waals surface area contributed by atoms with E-state index in [1.165, 1.54) is 6.20 Å². The molecule has 0 aliphatic carbocycles. The molecule has 3 rings (SSSR count). The lowest BCUT2D eigenvalue weighted by Gasteiger charge is -2.27. The highest BCUT2D eigenvalue weighted by Gasteiger charge is 2.32. The molecule has 1 saturated heterocycles. The summed E-state index contributed by atoms with van der Waals surface area (Å²) in [6, 6.07) is 0.194. The Morgan fingerprint density at radius 1 is 1.48 bits per heavy atom. The van der Waals surface area contributed by atoms with Gasteiger partial charge in [0.15, 0.2) is 5.16 Å². The normalized spacial score (nSPS) is 21.1. The predicted octanol–water partition coefficient (Wildman–Crippen LogP) is 0.515. The van der Waals surface area contributed by atoms with Crippen LogP contribution in [0, 0.1) is 0 Å². The van der Waals surface area contributed by atoms with Crippen LogP contribution in [0.3, 0.4) is 0 Å². The summed E-state index contributed by atoms with van der Waals surface area (Å²) in [7, 11) is 4.01. The number of carbonyl (C=O) groups excluding carboxylic acids is 1. The lowest BCUT2D eigenvalue weighted by molar-refractivity contribution is 0.0713. The van der Waals surface area contributed by atoms with Crippen molar-refractivity contribution in [2.24, 2.45) is 0 Å². The topological polar surface area (TPSA) is 58.4 Å². The maximum atomic E-state index is 12.7. The second-order valence-corrected chi connectivity index (χ2v) is 6.88. The molecule has 1 unspecified atom stereocenters. The Morgan fingerprint density at radius 2 is 2.29 bits per heavy atom. The zero-order valence-electron chi connectivity index (χ0n) is 12.4. The SMILES string of the molecule is CN(C)CC1CCCN1C(=O)c1cnc2n(c1=O)CCS2. The van der Waals surface area contributed by atoms with Gasteiger partial charge in [-0.1, -0.05) is 11.8 Å². The molecule has 21 heavy (non-hydrogen) atoms. The average Bonchev–Trinajstić information content (AvgIpc) is 3.06. The first-order chi connectivity index (χ1) is 10.1. The van der Waals surface area contributed by atoms with Gasteiger partial charge in [0.05, 0.1) is 0 Å². The number of amides is 1. The fourth-order valence-electron chi connectivity index (χ4n) is 3.03. The van der Waals surface area contributed by atoms with E-state index in [1.54, 1.807) is 16.3 Å². The lowest BCUT2D eigenvalue weighted by atomic mass is 10.2. The summed E-state index contributed by atoms with van der Waals surface area (Å²) in [5.74, 6) is 0.691. The quantitative estimate of drug-likeness (QED) is 0.762. The summed E-state index contributed by atoms with van der Waals surface area (Å²) in [6.07, 6.45) is 3.46. The van der Waals surface area contributed by atoms with Gasteiger partial charge in [0, 0.05) is 37.6 Å². The van der Waals surface area contributed by atoms with Crippen molar-refractivity contribution in [3.8, 4) is 0 Å². The molecule has 3 heterocycles. The van der Waals surface area contributed by atoms with Gasteiger partial charge < -0.3 is 9.80 Å². The van der Waals surface area contributed by atoms with Crippen molar-refractivity contribution in [2.75, 3.05) is 32.9 Å². The Labute approximate surface area is 128 Å². The monoisotopic (exact) mass is 308 g/mol. The number of carbonyl (C=O) groups is 1. The van der Waals surface area contributed by atoms with Crippen molar-refractivity contribution >= 4 is 17.7 Å². The summed E-state index contributed by atoms with van der Waals surface area (Å²) < 4.78 is 1.62. The van der Waals surface area contributed by atoms with E-state index in [1.807, 2.05) is 19.0 Å². The highest BCUT2D eigenvalue weighted by molar-refractivity contribution is 7.99. The lowest BCUT2D eigenvalue weighted by Crippen LogP contribution is -2.43. The van der Waals surface area contributed by atoms with Crippen molar-refractivity contribution < 1.29 is 4.79 Å². The first-order valence-electron chi connectivity index (χ1n) is 7.26. The largest absolute Gasteiger partial charge is 0.334 e. The van der Waals surface area contributed by atoms with Crippen molar-refractivity contribution in [3.63, 3.8) is 0 Å². The molecule has 1 aromatic rings. The zero-order chi connectivity index (χ0) is 15.0. The minimum absolute atomic E-state index is 0.163. The highest BCUT2D eigenvalue weighted by Crippen LogP contribution is 2.22. The van der Waals surface area contributed by atoms with E-state index in [4.69, 9.17) is 0 Å². The smallest absolute Gasteiger partial charge is 0.267 e. The molecule has 114 valence electrons. The number of likely N-dealkylation sites (tertiary alicyclic amines) is 1. The molecule has 0 saturated carbocycles. The second-order valence-electron chi connectivity index (χ2n) is 5.82. The van der Waals surface area contributed by atoms with Gasteiger partial charge in [0.1, 0.15) is 5.56 Å². The van der Waals surface area contributed by atoms with Crippen LogP contribution < -0.4 is 5.56 Å². The Balaban J connectivity index is 1.87. The van der Waals surface area contributed by atoms with Gasteiger partial charge in [0.2, 0.25) is 0 Å². The minimum atomic E-state index is -0.189. The fraction of sp³-hybridized carbons (Fsp3) is 0.643. The number of hydrogen-bond acceptors (Lipinski definition) is 5. The van der Waals surface area contributed by atoms with Crippen LogP contribution in [0.15, 0.2) is 16.1 Å². The maximum Gasteiger partial charge on any atom is 0.267 e. The van der Waals surface area contributed by atoms with Crippen LogP contribution in [0.4, 0.5) is 0 Å². The van der Waals surface area contributed by atoms with Gasteiger partial charge in [-0.3, -0.25) is 14.2 Å². The third kappa shape index (κ3) is 2.72. The highest BCUT2D eigenvalue weighted by atomic mass is 32.2. The molecule has 0 spiro atoms. The van der Waals surface area contributed by atoms with Crippen molar-refractivity contribution in [2.45, 2.75) is 30.6 Å². The Hall–Kier alpha value is -1.34. The van der Waals surface area contributed by atoms with Gasteiger partial charge in [-0.05, 0) is 26.9 Å². The molecule has 0 bridgehead atoms. The summed E-state index contributed by atoms with van der Waals surface area (Å²) in [4.78, 5) is 33.3. The van der Waals surface area contributed by atoms with Gasteiger partial charge in [-0.25, -0.2) is 4.98 Å². The van der Waals surface area contributed by atoms with E-state index in [-0.39, 0.29) is 23.1 Å². The van der Waals surface area contributed by atoms with Gasteiger partial charge in [0.25, 0.3) is 11.5 Å². The molecule has 1 fully saturated rings. The van der Waals surface area contributed by atoms with Crippen molar-refractivity contribution in [3.05, 3.63) is 22.1 Å². The summed E-state index contributed by atoms with van der Waals surface area (Å²) >= 11 is 1.56. The second kappa shape index (κ2) is 5.81. The van der Waals surface area contributed by atoms with E-state index >= 15 is 0 Å². The first kappa shape index (κ1) is 14.6. The molecule has 0 aromatic carbocycles. The van der Waals surface area contributed by atoms with E-state index in [9.17, 15) is 9.59 Å². The van der Waals surface area contributed by atoms with Crippen LogP contribution in [0.2, 0.25) is 0 Å². The zero-order valence-corrected chi connectivity index (χ0v) is 13.2. The molecule has 0 N–H and O–H groups in total. The van der Waals surface area contributed by atoms with E-state index < -0.39 is 0 Å². The number of rotatable bonds is 3. The number of fused-ring (bicyclic) bond motifs is 1. The molecule has 1 aromatic heterocycles. The molecule has 1 atom stereocenters. The Morgan fingerprint density at radius 3 is 3.05 bits per heavy atom. The summed E-state index contributed by atoms with van der Waals surface area (Å²) in [5, 5.41) is 0.725. The van der Waals surface area contributed by atoms with Gasteiger partial charge >= 0.3 is 0 Å². The molecule has 0 radical (unpaired) electrons. The Kier molecular flexibility index (Phi) is 4.03. The van der Waals surface area contributed by atoms with Crippen molar-refractivity contribution in [1.82, 2.24) is 19.4 Å². The number of hydrogen-bond donors (Lipinski definition) is 0. The van der Waals surface area contributed by atoms with Crippen LogP contribution >= 0.6 is 11.8 Å². The standard InChI is InChI=1S/C14H20N4O2S/c1-16(2)9-10-4-3-5-17(10)12(19)11-8-15-14-18(13(11)20)6-7-21-14/h8,10H,3-7,9H2,1-2H3. The number of aromatic nitrogens is 2. The average molecular weight is 308 g/mol. The molecule has 6 nitrogen and oxygen atoms in total. The third-order valence-corrected chi connectivity index (χ3v) is 4.97. The van der Waals surface area contributed by atoms with Crippen LogP contribution in [-0.2, 0) is 6.54 Å². The van der Waals surface area contributed by atoms with E-state index in [0.717, 1.165) is 36.8 Å². The molecular weight excluding hydrogens is 288 g/mol. The maximum absolute atomic E-state index is 12.7. The fourth-order valence-corrected chi connectivity index (χ4v) is 3.95. The van der Waals surface area contributed by atoms with Crippen LogP contribution in [-0.4, -0.2) is 64.2 Å². The summed E-state index contributed by atoms with van der Waals surface area (Å²) in [5.41, 5.74) is 0.0254. The number of thioether (sulfide) groups is 1. The number of nitrogens with zero attached hydrogens (tertiary/aromatic N) is 4. The molecule has 2 aliphatic heterocycles. The minimum Gasteiger partial charge on any atom is -0.334 e. The van der Waals surface area contributed by atoms with Gasteiger partial charge in [-0.15, -0.1) is 0 Å². The van der Waals surface area contributed by atoms with Crippen molar-refractivity contribution in [1.29, 1.82) is 0 Å². The van der Waals surface area contributed by atoms with Crippen LogP contribution in [0.1, 0.15) is 23.2 Å². The van der Waals surface area contributed by atoms with Gasteiger partial charge in [-0.2, -0.15) is 0 Å². The van der Waals surface area contributed by atoms with Crippen LogP contribution in [0.5, 0.6) is 0 Å². The molecule has 1 amide bonds. The predicted molar refractivity (Wildman–Crippen MR) is 81.8 cm³/mol. The third-order valence-electron chi connectivity index (χ3n) is 4.00. The Bertz CT molecular complexity index is 613. The van der Waals surface area contributed by atoms with Crippen LogP contribution in [0.25, 0.3) is 0 Å². The van der Waals surface area contributed by atoms with E-state index in [2.05, 4.69) is 9.88 Å². The first-order valence-corrected chi connectivity index (χ1v) is 8.25.